The second-order valence-electron chi connectivity index (χ2n) is 4.14. The predicted molar refractivity (Wildman–Crippen MR) is 72.1 cm³/mol. The van der Waals surface area contributed by atoms with Crippen LogP contribution in [0.1, 0.15) is 5.56 Å². The summed E-state index contributed by atoms with van der Waals surface area (Å²) in [6.07, 6.45) is 0.504. The summed E-state index contributed by atoms with van der Waals surface area (Å²) in [6, 6.07) is 7.25. The van der Waals surface area contributed by atoms with Gasteiger partial charge in [0.1, 0.15) is 10.9 Å². The second kappa shape index (κ2) is 5.52. The summed E-state index contributed by atoms with van der Waals surface area (Å²) in [5, 5.41) is 10.4. The topological polar surface area (TPSA) is 68.4 Å². The molecule has 1 aromatic carbocycles. The number of ether oxygens (including phenoxy) is 1. The van der Waals surface area contributed by atoms with Crippen molar-refractivity contribution >= 4 is 22.5 Å². The van der Waals surface area contributed by atoms with E-state index in [1.165, 1.54) is 0 Å². The summed E-state index contributed by atoms with van der Waals surface area (Å²) in [5.41, 5.74) is 7.33. The van der Waals surface area contributed by atoms with Crippen LogP contribution in [-0.2, 0) is 6.42 Å². The number of pyridine rings is 1. The smallest absolute Gasteiger partial charge is 0.133 e. The van der Waals surface area contributed by atoms with Crippen LogP contribution in [0.15, 0.2) is 24.3 Å². The van der Waals surface area contributed by atoms with Gasteiger partial charge < -0.3 is 15.6 Å². The van der Waals surface area contributed by atoms with Gasteiger partial charge >= 0.3 is 0 Å². The molecule has 1 heterocycles. The van der Waals surface area contributed by atoms with Gasteiger partial charge in [-0.25, -0.2) is 4.98 Å². The summed E-state index contributed by atoms with van der Waals surface area (Å²) < 4.78 is 5.14. The van der Waals surface area contributed by atoms with Crippen LogP contribution in [0.2, 0.25) is 5.15 Å². The van der Waals surface area contributed by atoms with E-state index in [4.69, 9.17) is 27.2 Å². The molecule has 0 amide bonds. The fourth-order valence-corrected chi connectivity index (χ4v) is 2.01. The largest absolute Gasteiger partial charge is 0.497 e. The van der Waals surface area contributed by atoms with E-state index in [0.29, 0.717) is 11.6 Å². The van der Waals surface area contributed by atoms with E-state index >= 15 is 0 Å². The molecule has 0 saturated carbocycles. The maximum Gasteiger partial charge on any atom is 0.133 e. The number of rotatable bonds is 4. The van der Waals surface area contributed by atoms with Crippen molar-refractivity contribution in [2.75, 3.05) is 13.7 Å². The zero-order valence-electron chi connectivity index (χ0n) is 10.1. The van der Waals surface area contributed by atoms with Gasteiger partial charge in [0.2, 0.25) is 0 Å². The van der Waals surface area contributed by atoms with Crippen molar-refractivity contribution in [2.45, 2.75) is 12.5 Å². The number of aromatic nitrogens is 1. The first-order valence-corrected chi connectivity index (χ1v) is 6.01. The third kappa shape index (κ3) is 2.72. The normalized spacial score (nSPS) is 12.7. The summed E-state index contributed by atoms with van der Waals surface area (Å²) in [7, 11) is 1.61. The lowest BCUT2D eigenvalue weighted by molar-refractivity contribution is 0.265. The third-order valence-corrected chi connectivity index (χ3v) is 3.09. The highest BCUT2D eigenvalue weighted by Gasteiger charge is 2.09. The highest BCUT2D eigenvalue weighted by Crippen LogP contribution is 2.24. The van der Waals surface area contributed by atoms with E-state index in [9.17, 15) is 0 Å². The molecule has 5 heteroatoms. The zero-order valence-corrected chi connectivity index (χ0v) is 10.8. The molecule has 0 bridgehead atoms. The van der Waals surface area contributed by atoms with Gasteiger partial charge in [-0.1, -0.05) is 11.6 Å². The Morgan fingerprint density at radius 3 is 2.89 bits per heavy atom. The molecular formula is C13H15ClN2O2. The zero-order chi connectivity index (χ0) is 13.1. The average Bonchev–Trinajstić information content (AvgIpc) is 2.38. The Morgan fingerprint density at radius 1 is 1.44 bits per heavy atom. The van der Waals surface area contributed by atoms with Crippen molar-refractivity contribution in [3.05, 3.63) is 35.0 Å². The molecule has 96 valence electrons. The van der Waals surface area contributed by atoms with E-state index in [0.717, 1.165) is 22.2 Å². The molecule has 2 aromatic rings. The van der Waals surface area contributed by atoms with Gasteiger partial charge in [-0.2, -0.15) is 0 Å². The maximum atomic E-state index is 8.96. The Labute approximate surface area is 110 Å². The first-order chi connectivity index (χ1) is 8.63. The van der Waals surface area contributed by atoms with Gasteiger partial charge in [-0.05, 0) is 30.2 Å². The first-order valence-electron chi connectivity index (χ1n) is 5.63. The van der Waals surface area contributed by atoms with Gasteiger partial charge in [-0.3, -0.25) is 0 Å². The van der Waals surface area contributed by atoms with Crippen LogP contribution in [0.3, 0.4) is 0 Å². The highest BCUT2D eigenvalue weighted by atomic mass is 35.5. The number of fused-ring (bicyclic) bond motifs is 1. The molecule has 18 heavy (non-hydrogen) atoms. The van der Waals surface area contributed by atoms with Crippen molar-refractivity contribution in [1.82, 2.24) is 4.98 Å². The Balaban J connectivity index is 2.42. The molecule has 0 aliphatic heterocycles. The SMILES string of the molecule is COc1ccc2cc(CC(N)CO)c(Cl)nc2c1. The number of methoxy groups -OCH3 is 1. The standard InChI is InChI=1S/C13H15ClN2O2/c1-18-11-3-2-8-4-9(5-10(15)7-17)13(14)16-12(8)6-11/h2-4,6,10,17H,5,7,15H2,1H3. The van der Waals surface area contributed by atoms with Crippen LogP contribution in [0.5, 0.6) is 5.75 Å². The van der Waals surface area contributed by atoms with Gasteiger partial charge in [0.25, 0.3) is 0 Å². The van der Waals surface area contributed by atoms with Crippen molar-refractivity contribution in [1.29, 1.82) is 0 Å². The predicted octanol–water partition coefficient (Wildman–Crippen LogP) is 1.76. The number of nitrogens with two attached hydrogens (primary N) is 1. The monoisotopic (exact) mass is 266 g/mol. The minimum atomic E-state index is -0.319. The number of aliphatic hydroxyl groups is 1. The molecule has 0 saturated heterocycles. The summed E-state index contributed by atoms with van der Waals surface area (Å²) in [5.74, 6) is 0.742. The number of hydrogen-bond donors (Lipinski definition) is 2. The van der Waals surface area contributed by atoms with Crippen LogP contribution >= 0.6 is 11.6 Å². The Hall–Kier alpha value is -1.36. The number of halogens is 1. The third-order valence-electron chi connectivity index (χ3n) is 2.77. The van der Waals surface area contributed by atoms with E-state index in [-0.39, 0.29) is 12.6 Å². The minimum absolute atomic E-state index is 0.0724. The number of nitrogens with zero attached hydrogens (tertiary/aromatic N) is 1. The van der Waals surface area contributed by atoms with Gasteiger partial charge in [0, 0.05) is 17.5 Å². The summed E-state index contributed by atoms with van der Waals surface area (Å²) in [6.45, 7) is -0.0724. The molecule has 0 spiro atoms. The Kier molecular flexibility index (Phi) is 4.01. The number of hydrogen-bond acceptors (Lipinski definition) is 4. The second-order valence-corrected chi connectivity index (χ2v) is 4.50. The van der Waals surface area contributed by atoms with E-state index in [2.05, 4.69) is 4.98 Å². The Morgan fingerprint density at radius 2 is 2.22 bits per heavy atom. The van der Waals surface area contributed by atoms with Crippen LogP contribution in [0.25, 0.3) is 10.9 Å². The maximum absolute atomic E-state index is 8.96. The molecule has 4 nitrogen and oxygen atoms in total. The summed E-state index contributed by atoms with van der Waals surface area (Å²) >= 11 is 6.11. The first kappa shape index (κ1) is 13.1. The highest BCUT2D eigenvalue weighted by molar-refractivity contribution is 6.30. The average molecular weight is 267 g/mol. The lowest BCUT2D eigenvalue weighted by Gasteiger charge is -2.10. The molecule has 0 fully saturated rings. The molecule has 0 aliphatic carbocycles. The van der Waals surface area contributed by atoms with Crippen molar-refractivity contribution in [3.63, 3.8) is 0 Å². The van der Waals surface area contributed by atoms with E-state index in [1.807, 2.05) is 24.3 Å². The van der Waals surface area contributed by atoms with Crippen molar-refractivity contribution in [2.24, 2.45) is 5.73 Å². The molecule has 1 atom stereocenters. The molecule has 1 aromatic heterocycles. The fourth-order valence-electron chi connectivity index (χ4n) is 1.78. The van der Waals surface area contributed by atoms with Crippen molar-refractivity contribution < 1.29 is 9.84 Å². The van der Waals surface area contributed by atoms with E-state index < -0.39 is 0 Å². The lowest BCUT2D eigenvalue weighted by Crippen LogP contribution is -2.27. The van der Waals surface area contributed by atoms with Crippen LogP contribution in [0, 0.1) is 0 Å². The van der Waals surface area contributed by atoms with Gasteiger partial charge in [0.15, 0.2) is 0 Å². The van der Waals surface area contributed by atoms with Crippen LogP contribution in [-0.4, -0.2) is 29.8 Å². The van der Waals surface area contributed by atoms with Crippen LogP contribution in [0.4, 0.5) is 0 Å². The lowest BCUT2D eigenvalue weighted by atomic mass is 10.1. The molecule has 0 aliphatic rings. The van der Waals surface area contributed by atoms with Crippen molar-refractivity contribution in [3.8, 4) is 5.75 Å². The minimum Gasteiger partial charge on any atom is -0.497 e. The van der Waals surface area contributed by atoms with Crippen LogP contribution < -0.4 is 10.5 Å². The Bertz CT molecular complexity index is 560. The molecule has 2 rings (SSSR count). The number of aliphatic hydroxyl groups excluding tert-OH is 1. The summed E-state index contributed by atoms with van der Waals surface area (Å²) in [4.78, 5) is 4.32. The molecule has 3 N–H and O–H groups in total. The molecular weight excluding hydrogens is 252 g/mol. The fraction of sp³-hybridized carbons (Fsp3) is 0.308. The van der Waals surface area contributed by atoms with E-state index in [1.54, 1.807) is 7.11 Å². The quantitative estimate of drug-likeness (QED) is 0.828. The molecule has 1 unspecified atom stereocenters. The van der Waals surface area contributed by atoms with Gasteiger partial charge in [0.05, 0.1) is 19.2 Å². The number of benzene rings is 1. The van der Waals surface area contributed by atoms with Gasteiger partial charge in [-0.15, -0.1) is 0 Å². The molecule has 0 radical (unpaired) electrons.